The van der Waals surface area contributed by atoms with Gasteiger partial charge in [-0.05, 0) is 6.42 Å². The van der Waals surface area contributed by atoms with Gasteiger partial charge in [-0.15, -0.1) is 0 Å². The maximum atomic E-state index is 10.6. The van der Waals surface area contributed by atoms with Crippen LogP contribution in [-0.4, -0.2) is 23.8 Å². The minimum absolute atomic E-state index is 0.127. The molecule has 0 aromatic carbocycles. The van der Waals surface area contributed by atoms with Crippen molar-refractivity contribution in [3.63, 3.8) is 0 Å². The Labute approximate surface area is 60.1 Å². The van der Waals surface area contributed by atoms with Crippen molar-refractivity contribution in [2.75, 3.05) is 12.8 Å². The average Bonchev–Trinajstić information content (AvgIpc) is 1.81. The third kappa shape index (κ3) is 5.77. The maximum absolute atomic E-state index is 10.6. The Morgan fingerprint density at radius 2 is 2.40 bits per heavy atom. The fourth-order valence-corrected chi connectivity index (χ4v) is 1.20. The zero-order valence-electron chi connectivity index (χ0n) is 5.82. The zero-order chi connectivity index (χ0) is 8.20. The first-order valence-corrected chi connectivity index (χ1v) is 5.19. The summed E-state index contributed by atoms with van der Waals surface area (Å²) >= 11 is 0. The van der Waals surface area contributed by atoms with Crippen LogP contribution in [0.1, 0.15) is 6.42 Å². The van der Waals surface area contributed by atoms with Gasteiger partial charge in [0.05, 0.1) is 12.1 Å². The molecule has 58 valence electrons. The van der Waals surface area contributed by atoms with Crippen molar-refractivity contribution < 1.29 is 9.46 Å². The molecule has 0 aliphatic carbocycles. The Hall–Kier alpha value is -0.360. The summed E-state index contributed by atoms with van der Waals surface area (Å²) in [6.07, 6.45) is 0.419. The van der Waals surface area contributed by atoms with Gasteiger partial charge in [-0.2, -0.15) is 5.26 Å². The Kier molecular flexibility index (Phi) is 3.59. The molecule has 0 aromatic heterocycles. The van der Waals surface area contributed by atoms with E-state index < -0.39 is 13.4 Å². The van der Waals surface area contributed by atoms with Gasteiger partial charge < -0.3 is 10.6 Å². The van der Waals surface area contributed by atoms with E-state index in [9.17, 15) is 4.57 Å². The Morgan fingerprint density at radius 3 is 2.70 bits per heavy atom. The molecule has 0 saturated heterocycles. The molecule has 0 spiro atoms. The van der Waals surface area contributed by atoms with Crippen LogP contribution in [0.2, 0.25) is 0 Å². The van der Waals surface area contributed by atoms with E-state index in [0.29, 0.717) is 6.42 Å². The number of nitrogens with zero attached hydrogens (tertiary/aromatic N) is 1. The lowest BCUT2D eigenvalue weighted by Gasteiger charge is -2.04. The van der Waals surface area contributed by atoms with Crippen LogP contribution in [0.15, 0.2) is 0 Å². The van der Waals surface area contributed by atoms with Gasteiger partial charge in [-0.25, -0.2) is 0 Å². The average molecular weight is 162 g/mol. The van der Waals surface area contributed by atoms with Crippen molar-refractivity contribution >= 4 is 7.37 Å². The zero-order valence-corrected chi connectivity index (χ0v) is 6.71. The summed E-state index contributed by atoms with van der Waals surface area (Å²) in [5.74, 6) is 0. The van der Waals surface area contributed by atoms with Gasteiger partial charge in [-0.1, -0.05) is 0 Å². The highest BCUT2D eigenvalue weighted by Crippen LogP contribution is 2.35. The third-order valence-electron chi connectivity index (χ3n) is 1.02. The standard InChI is InChI=1S/C5H11N2O2P/c1-10(8,9)3-2-5(7)4-6/h5H,2-3,7H2,1H3,(H,8,9). The van der Waals surface area contributed by atoms with Crippen molar-refractivity contribution in [1.82, 2.24) is 0 Å². The fourth-order valence-electron chi connectivity index (χ4n) is 0.443. The normalized spacial score (nSPS) is 19.0. The summed E-state index contributed by atoms with van der Waals surface area (Å²) in [5.41, 5.74) is 5.19. The van der Waals surface area contributed by atoms with Gasteiger partial charge >= 0.3 is 0 Å². The van der Waals surface area contributed by atoms with Crippen molar-refractivity contribution in [3.05, 3.63) is 0 Å². The largest absolute Gasteiger partial charge is 0.344 e. The predicted octanol–water partition coefficient (Wildman–Crippen LogP) is 0.128. The van der Waals surface area contributed by atoms with E-state index in [2.05, 4.69) is 0 Å². The number of nitriles is 1. The second kappa shape index (κ2) is 3.72. The first kappa shape index (κ1) is 9.64. The summed E-state index contributed by atoms with van der Waals surface area (Å²) in [4.78, 5) is 8.75. The Balaban J connectivity index is 3.58. The van der Waals surface area contributed by atoms with Crippen LogP contribution in [0.5, 0.6) is 0 Å². The lowest BCUT2D eigenvalue weighted by molar-refractivity contribution is 0.482. The molecule has 2 atom stereocenters. The van der Waals surface area contributed by atoms with Crippen LogP contribution in [0, 0.1) is 11.3 Å². The van der Waals surface area contributed by atoms with Crippen LogP contribution in [-0.2, 0) is 4.57 Å². The molecule has 0 aliphatic heterocycles. The molecule has 0 aliphatic rings. The minimum Gasteiger partial charge on any atom is -0.344 e. The fraction of sp³-hybridized carbons (Fsp3) is 0.800. The number of hydrogen-bond acceptors (Lipinski definition) is 3. The Morgan fingerprint density at radius 1 is 1.90 bits per heavy atom. The van der Waals surface area contributed by atoms with Gasteiger partial charge in [0.25, 0.3) is 0 Å². The van der Waals surface area contributed by atoms with Crippen molar-refractivity contribution in [1.29, 1.82) is 5.26 Å². The molecular formula is C5H11N2O2P. The van der Waals surface area contributed by atoms with Gasteiger partial charge in [0.1, 0.15) is 0 Å². The maximum Gasteiger partial charge on any atom is 0.197 e. The molecule has 0 rings (SSSR count). The highest BCUT2D eigenvalue weighted by atomic mass is 31.2. The molecule has 0 amide bonds. The quantitative estimate of drug-likeness (QED) is 0.577. The summed E-state index contributed by atoms with van der Waals surface area (Å²) in [6, 6.07) is 1.17. The second-order valence-electron chi connectivity index (χ2n) is 2.30. The second-order valence-corrected chi connectivity index (χ2v) is 4.85. The molecule has 0 radical (unpaired) electrons. The summed E-state index contributed by atoms with van der Waals surface area (Å²) in [6.45, 7) is 1.26. The highest BCUT2D eigenvalue weighted by Gasteiger charge is 2.11. The van der Waals surface area contributed by atoms with E-state index in [1.807, 2.05) is 0 Å². The monoisotopic (exact) mass is 162 g/mol. The first-order valence-electron chi connectivity index (χ1n) is 2.90. The minimum atomic E-state index is -2.96. The van der Waals surface area contributed by atoms with Crippen molar-refractivity contribution in [2.24, 2.45) is 5.73 Å². The van der Waals surface area contributed by atoms with E-state index in [0.717, 1.165) is 0 Å². The number of rotatable bonds is 3. The molecule has 5 heteroatoms. The van der Waals surface area contributed by atoms with Gasteiger partial charge in [0.15, 0.2) is 7.37 Å². The van der Waals surface area contributed by atoms with E-state index in [-0.39, 0.29) is 6.16 Å². The molecule has 10 heavy (non-hydrogen) atoms. The number of nitrogens with two attached hydrogens (primary N) is 1. The van der Waals surface area contributed by atoms with Crippen LogP contribution >= 0.6 is 7.37 Å². The van der Waals surface area contributed by atoms with Crippen LogP contribution in [0.25, 0.3) is 0 Å². The molecule has 4 nitrogen and oxygen atoms in total. The molecule has 0 fully saturated rings. The third-order valence-corrected chi connectivity index (χ3v) is 2.11. The lowest BCUT2D eigenvalue weighted by atomic mass is 10.3. The van der Waals surface area contributed by atoms with E-state index >= 15 is 0 Å². The topological polar surface area (TPSA) is 87.1 Å². The Bertz CT molecular complexity index is 181. The molecule has 0 bridgehead atoms. The summed E-state index contributed by atoms with van der Waals surface area (Å²) in [7, 11) is -2.96. The molecule has 3 N–H and O–H groups in total. The van der Waals surface area contributed by atoms with E-state index in [1.54, 1.807) is 6.07 Å². The van der Waals surface area contributed by atoms with Crippen LogP contribution in [0.3, 0.4) is 0 Å². The van der Waals surface area contributed by atoms with Crippen LogP contribution in [0.4, 0.5) is 0 Å². The van der Waals surface area contributed by atoms with E-state index in [1.165, 1.54) is 6.66 Å². The van der Waals surface area contributed by atoms with Gasteiger partial charge in [0, 0.05) is 12.8 Å². The summed E-state index contributed by atoms with van der Waals surface area (Å²) in [5, 5.41) is 8.19. The number of hydrogen-bond donors (Lipinski definition) is 2. The van der Waals surface area contributed by atoms with Crippen molar-refractivity contribution in [3.8, 4) is 6.07 Å². The molecule has 0 heterocycles. The molecule has 0 aromatic rings. The van der Waals surface area contributed by atoms with E-state index in [4.69, 9.17) is 15.9 Å². The van der Waals surface area contributed by atoms with Gasteiger partial charge in [0.2, 0.25) is 0 Å². The highest BCUT2D eigenvalue weighted by molar-refractivity contribution is 7.57. The molecular weight excluding hydrogens is 151 g/mol. The summed E-state index contributed by atoms with van der Waals surface area (Å²) < 4.78 is 10.6. The van der Waals surface area contributed by atoms with Crippen LogP contribution < -0.4 is 5.73 Å². The predicted molar refractivity (Wildman–Crippen MR) is 38.8 cm³/mol. The van der Waals surface area contributed by atoms with Gasteiger partial charge in [-0.3, -0.25) is 4.57 Å². The first-order chi connectivity index (χ1) is 4.45. The van der Waals surface area contributed by atoms with Crippen molar-refractivity contribution in [2.45, 2.75) is 12.5 Å². The molecule has 2 unspecified atom stereocenters. The molecule has 0 saturated carbocycles. The SMILES string of the molecule is CP(=O)(O)CCC(N)C#N. The lowest BCUT2D eigenvalue weighted by Crippen LogP contribution is -2.18. The smallest absolute Gasteiger partial charge is 0.197 e.